The van der Waals surface area contributed by atoms with E-state index in [1.807, 2.05) is 0 Å². The van der Waals surface area contributed by atoms with Gasteiger partial charge in [-0.25, -0.2) is 0 Å². The Morgan fingerprint density at radius 1 is 0.895 bits per heavy atom. The van der Waals surface area contributed by atoms with Gasteiger partial charge in [0.1, 0.15) is 0 Å². The Morgan fingerprint density at radius 3 is 1.42 bits per heavy atom. The summed E-state index contributed by atoms with van der Waals surface area (Å²) in [6, 6.07) is 0. The zero-order chi connectivity index (χ0) is 15.7. The van der Waals surface area contributed by atoms with Crippen LogP contribution in [0.3, 0.4) is 0 Å². The van der Waals surface area contributed by atoms with E-state index in [1.165, 1.54) is 0 Å². The fourth-order valence-electron chi connectivity index (χ4n) is 0.692. The van der Waals surface area contributed by atoms with E-state index in [0.29, 0.717) is 0 Å². The second kappa shape index (κ2) is 6.16. The third-order valence-electron chi connectivity index (χ3n) is 1.24. The largest absolute Gasteiger partial charge is 0.522 e. The van der Waals surface area contributed by atoms with Crippen molar-refractivity contribution >= 4 is 39.9 Å². The second-order valence-electron chi connectivity index (χ2n) is 5.66. The highest BCUT2D eigenvalue weighted by molar-refractivity contribution is 8.54. The smallest absolute Gasteiger partial charge is 0.282 e. The highest BCUT2D eigenvalue weighted by Gasteiger charge is 2.50. The molecule has 115 valence electrons. The molecule has 10 heteroatoms. The van der Waals surface area contributed by atoms with E-state index in [4.69, 9.17) is 0 Å². The van der Waals surface area contributed by atoms with Crippen LogP contribution >= 0.6 is 22.4 Å². The molecule has 0 rings (SSSR count). The zero-order valence-corrected chi connectivity index (χ0v) is 15.0. The normalized spacial score (nSPS) is 15.1. The Hall–Kier alpha value is 0.617. The van der Waals surface area contributed by atoms with Gasteiger partial charge in [-0.3, -0.25) is 3.87 Å². The molecule has 0 spiro atoms. The first-order valence-corrected chi connectivity index (χ1v) is 11.2. The molecule has 0 aliphatic heterocycles. The average Bonchev–Trinajstić information content (AvgIpc) is 1.91. The molecule has 3 nitrogen and oxygen atoms in total. The summed E-state index contributed by atoms with van der Waals surface area (Å²) in [5.74, 6) is 0. The lowest BCUT2D eigenvalue weighted by Crippen LogP contribution is -2.33. The van der Waals surface area contributed by atoms with Gasteiger partial charge in [0.25, 0.3) is 0 Å². The monoisotopic (exact) mass is 355 g/mol. The first-order valence-electron chi connectivity index (χ1n) is 5.29. The third-order valence-corrected chi connectivity index (χ3v) is 12.2. The van der Waals surface area contributed by atoms with E-state index < -0.39 is 23.0 Å². The van der Waals surface area contributed by atoms with Crippen LogP contribution in [0.2, 0.25) is 0 Å². The molecule has 0 saturated carbocycles. The number of rotatable bonds is 4. The van der Waals surface area contributed by atoms with Gasteiger partial charge in [0.2, 0.25) is 0 Å². The minimum atomic E-state index is -5.54. The van der Waals surface area contributed by atoms with Gasteiger partial charge < -0.3 is 0 Å². The minimum absolute atomic E-state index is 0.381. The molecule has 0 aliphatic carbocycles. The topological polar surface area (TPSA) is 43.4 Å². The van der Waals surface area contributed by atoms with Crippen LogP contribution in [0, 0.1) is 0 Å². The second-order valence-corrected chi connectivity index (χ2v) is 15.3. The Kier molecular flexibility index (Phi) is 6.36. The predicted octanol–water partition coefficient (Wildman–Crippen LogP) is 3.90. The van der Waals surface area contributed by atoms with Crippen molar-refractivity contribution in [3.8, 4) is 0 Å². The summed E-state index contributed by atoms with van der Waals surface area (Å²) >= 11 is 2.27. The fourth-order valence-corrected chi connectivity index (χ4v) is 13.3. The molecule has 0 bridgehead atoms. The summed E-state index contributed by atoms with van der Waals surface area (Å²) in [7, 11) is -7.81. The van der Waals surface area contributed by atoms with Crippen molar-refractivity contribution in [3.63, 3.8) is 0 Å². The molecule has 0 N–H and O–H groups in total. The highest BCUT2D eigenvalue weighted by atomic mass is 32.6. The molecule has 0 aromatic rings. The number of hydrogen-bond donors (Lipinski definition) is 0. The predicted molar refractivity (Wildman–Crippen MR) is 76.5 cm³/mol. The first kappa shape index (κ1) is 19.6. The molecule has 0 unspecified atom stereocenters. The zero-order valence-electron chi connectivity index (χ0n) is 11.6. The highest BCUT2D eigenvalue weighted by Crippen LogP contribution is 2.40. The van der Waals surface area contributed by atoms with Crippen LogP contribution in [0.15, 0.2) is 0 Å². The molecule has 0 aromatic carbocycles. The van der Waals surface area contributed by atoms with Gasteiger partial charge in [-0.1, -0.05) is 41.5 Å². The first-order chi connectivity index (χ1) is 8.04. The van der Waals surface area contributed by atoms with Crippen LogP contribution in [0.25, 0.3) is 0 Å². The summed E-state index contributed by atoms with van der Waals surface area (Å²) in [6.45, 7) is 10.8. The van der Waals surface area contributed by atoms with E-state index in [9.17, 15) is 21.6 Å². The summed E-state index contributed by atoms with van der Waals surface area (Å²) in [6.07, 6.45) is 0. The van der Waals surface area contributed by atoms with Gasteiger partial charge in [0, 0.05) is 9.49 Å². The van der Waals surface area contributed by atoms with Gasteiger partial charge in [0.15, 0.2) is 0 Å². The molecule has 0 amide bonds. The van der Waals surface area contributed by atoms with E-state index in [0.717, 1.165) is 22.4 Å². The summed E-state index contributed by atoms with van der Waals surface area (Å²) in [5.41, 5.74) is -5.38. The summed E-state index contributed by atoms with van der Waals surface area (Å²) in [5, 5.41) is 0. The van der Waals surface area contributed by atoms with Crippen LogP contribution in [-0.2, 0) is 14.0 Å². The van der Waals surface area contributed by atoms with Crippen LogP contribution in [0.4, 0.5) is 13.2 Å². The molecular weight excluding hydrogens is 337 g/mol. The summed E-state index contributed by atoms with van der Waals surface area (Å²) in [4.78, 5) is 0. The summed E-state index contributed by atoms with van der Waals surface area (Å²) < 4.78 is 62.9. The van der Waals surface area contributed by atoms with Crippen molar-refractivity contribution < 1.29 is 25.5 Å². The maximum absolute atomic E-state index is 12.3. The van der Waals surface area contributed by atoms with E-state index in [1.54, 1.807) is 41.5 Å². The average molecular weight is 356 g/mol. The van der Waals surface area contributed by atoms with Crippen molar-refractivity contribution in [2.45, 2.75) is 56.5 Å². The van der Waals surface area contributed by atoms with Gasteiger partial charge >= 0.3 is 23.0 Å². The quantitative estimate of drug-likeness (QED) is 0.565. The van der Waals surface area contributed by atoms with Gasteiger partial charge in [-0.2, -0.15) is 21.6 Å². The van der Waals surface area contributed by atoms with Crippen LogP contribution in [0.5, 0.6) is 0 Å². The number of halogens is 3. The molecule has 0 atom stereocenters. The van der Waals surface area contributed by atoms with E-state index in [2.05, 4.69) is 3.87 Å². The van der Waals surface area contributed by atoms with Crippen molar-refractivity contribution in [1.29, 1.82) is 0 Å². The Bertz CT molecular complexity index is 380. The van der Waals surface area contributed by atoms with E-state index in [-0.39, 0.29) is 9.49 Å². The molecule has 0 aliphatic rings. The van der Waals surface area contributed by atoms with Gasteiger partial charge in [0.05, 0.1) is 0 Å². The van der Waals surface area contributed by atoms with Gasteiger partial charge in [-0.05, 0) is 0 Å². The molecule has 1 radical (unpaired) electrons. The van der Waals surface area contributed by atoms with Crippen LogP contribution < -0.4 is 0 Å². The fraction of sp³-hybridized carbons (Fsp3) is 1.00. The SMILES string of the molecule is CC(C)(C)S[Si](OS(=O)(=O)C(F)(F)F)SC(C)(C)C. The molecule has 0 aromatic heterocycles. The Labute approximate surface area is 122 Å². The number of alkyl halides is 3. The molecule has 0 heterocycles. The van der Waals surface area contributed by atoms with Crippen molar-refractivity contribution in [2.24, 2.45) is 0 Å². The standard InChI is InChI=1S/C9H18F3O3S3Si/c1-7(2,3)16-19(17-8(4,5)6)15-18(13,14)9(10,11)12/h1-6H3. The maximum Gasteiger partial charge on any atom is 0.522 e. The lowest BCUT2D eigenvalue weighted by atomic mass is 10.3. The van der Waals surface area contributed by atoms with Crippen molar-refractivity contribution in [2.75, 3.05) is 0 Å². The minimum Gasteiger partial charge on any atom is -0.282 e. The van der Waals surface area contributed by atoms with E-state index >= 15 is 0 Å². The van der Waals surface area contributed by atoms with Crippen LogP contribution in [0.1, 0.15) is 41.5 Å². The number of hydrogen-bond acceptors (Lipinski definition) is 5. The van der Waals surface area contributed by atoms with Gasteiger partial charge in [-0.15, -0.1) is 22.4 Å². The molecular formula is C9H18F3O3S3Si. The lowest BCUT2D eigenvalue weighted by molar-refractivity contribution is -0.0499. The molecule has 0 saturated heterocycles. The van der Waals surface area contributed by atoms with Crippen molar-refractivity contribution in [1.82, 2.24) is 0 Å². The molecule has 0 fully saturated rings. The lowest BCUT2D eigenvalue weighted by Gasteiger charge is -2.27. The third kappa shape index (κ3) is 8.48. The van der Waals surface area contributed by atoms with Crippen LogP contribution in [-0.4, -0.2) is 30.8 Å². The maximum atomic E-state index is 12.3. The Balaban J connectivity index is 5.08. The Morgan fingerprint density at radius 2 is 1.21 bits per heavy atom. The van der Waals surface area contributed by atoms with Crippen molar-refractivity contribution in [3.05, 3.63) is 0 Å². The molecule has 19 heavy (non-hydrogen) atoms.